The summed E-state index contributed by atoms with van der Waals surface area (Å²) in [5, 5.41) is 3.59. The molecule has 1 N–H and O–H groups in total. The van der Waals surface area contributed by atoms with Crippen molar-refractivity contribution in [2.75, 3.05) is 12.4 Å². The lowest BCUT2D eigenvalue weighted by Crippen LogP contribution is -2.33. The minimum absolute atomic E-state index is 0.280. The summed E-state index contributed by atoms with van der Waals surface area (Å²) in [5.41, 5.74) is 2.50. The lowest BCUT2D eigenvalue weighted by Gasteiger charge is -2.24. The SMILES string of the molecule is COc1cnc(Cl)cc1-c1cc(C)ncc1C(=O)Nc1nc2c(s1)CN(C(=O)OC(C)(C)C)C2. The van der Waals surface area contributed by atoms with Crippen LogP contribution in [-0.4, -0.2) is 44.6 Å². The van der Waals surface area contributed by atoms with Crippen LogP contribution in [0.1, 0.15) is 47.4 Å². The molecule has 0 unspecified atom stereocenters. The number of nitrogens with one attached hydrogen (secondary N) is 1. The van der Waals surface area contributed by atoms with Crippen LogP contribution in [0, 0.1) is 6.92 Å². The maximum absolute atomic E-state index is 13.2. The lowest BCUT2D eigenvalue weighted by atomic mass is 10.0. The molecule has 9 nitrogen and oxygen atoms in total. The average Bonchev–Trinajstić information content (AvgIpc) is 3.31. The summed E-state index contributed by atoms with van der Waals surface area (Å²) in [7, 11) is 1.53. The second kappa shape index (κ2) is 9.19. The third-order valence-corrected chi connectivity index (χ3v) is 6.16. The zero-order valence-corrected chi connectivity index (χ0v) is 21.0. The fourth-order valence-electron chi connectivity index (χ4n) is 3.47. The number of fused-ring (bicyclic) bond motifs is 1. The van der Waals surface area contributed by atoms with E-state index in [2.05, 4.69) is 20.3 Å². The Hall–Kier alpha value is -3.24. The van der Waals surface area contributed by atoms with E-state index in [0.29, 0.717) is 40.7 Å². The van der Waals surface area contributed by atoms with Gasteiger partial charge in [-0.05, 0) is 39.8 Å². The van der Waals surface area contributed by atoms with Crippen molar-refractivity contribution >= 4 is 40.1 Å². The van der Waals surface area contributed by atoms with Gasteiger partial charge in [0.2, 0.25) is 0 Å². The highest BCUT2D eigenvalue weighted by Gasteiger charge is 2.31. The third-order valence-electron chi connectivity index (χ3n) is 4.95. The van der Waals surface area contributed by atoms with Crippen molar-refractivity contribution in [1.82, 2.24) is 19.9 Å². The first-order valence-electron chi connectivity index (χ1n) is 10.5. The van der Waals surface area contributed by atoms with Gasteiger partial charge < -0.3 is 9.47 Å². The van der Waals surface area contributed by atoms with Gasteiger partial charge in [-0.25, -0.2) is 14.8 Å². The molecule has 0 atom stereocenters. The molecule has 4 heterocycles. The zero-order valence-electron chi connectivity index (χ0n) is 19.4. The van der Waals surface area contributed by atoms with Gasteiger partial charge in [0.15, 0.2) is 5.13 Å². The molecule has 11 heteroatoms. The topological polar surface area (TPSA) is 107 Å². The quantitative estimate of drug-likeness (QED) is 0.497. The second-order valence-electron chi connectivity index (χ2n) is 8.76. The Morgan fingerprint density at radius 1 is 1.15 bits per heavy atom. The van der Waals surface area contributed by atoms with E-state index in [1.807, 2.05) is 27.7 Å². The van der Waals surface area contributed by atoms with Gasteiger partial charge in [-0.3, -0.25) is 20.0 Å². The monoisotopic (exact) mass is 501 g/mol. The number of pyridine rings is 2. The molecule has 0 saturated heterocycles. The van der Waals surface area contributed by atoms with E-state index < -0.39 is 5.60 Å². The number of halogens is 1. The van der Waals surface area contributed by atoms with Crippen LogP contribution in [0.25, 0.3) is 11.1 Å². The number of carbonyl (C=O) groups is 2. The lowest BCUT2D eigenvalue weighted by molar-refractivity contribution is 0.0241. The number of ether oxygens (including phenoxy) is 2. The van der Waals surface area contributed by atoms with Crippen LogP contribution >= 0.6 is 22.9 Å². The number of rotatable bonds is 4. The summed E-state index contributed by atoms with van der Waals surface area (Å²) in [5.74, 6) is 0.119. The molecule has 0 saturated carbocycles. The molecular formula is C23H24ClN5O4S. The number of methoxy groups -OCH3 is 1. The molecule has 3 aromatic rings. The molecule has 34 heavy (non-hydrogen) atoms. The average molecular weight is 502 g/mol. The minimum Gasteiger partial charge on any atom is -0.494 e. The van der Waals surface area contributed by atoms with E-state index >= 15 is 0 Å². The summed E-state index contributed by atoms with van der Waals surface area (Å²) in [6, 6.07) is 3.44. The maximum atomic E-state index is 13.2. The van der Waals surface area contributed by atoms with Crippen LogP contribution in [0.5, 0.6) is 5.75 Å². The van der Waals surface area contributed by atoms with E-state index in [9.17, 15) is 9.59 Å². The second-order valence-corrected chi connectivity index (χ2v) is 10.2. The van der Waals surface area contributed by atoms with Gasteiger partial charge in [0.25, 0.3) is 5.91 Å². The summed E-state index contributed by atoms with van der Waals surface area (Å²) in [6.45, 7) is 8.04. The first-order valence-corrected chi connectivity index (χ1v) is 11.7. The van der Waals surface area contributed by atoms with E-state index in [0.717, 1.165) is 16.3 Å². The summed E-state index contributed by atoms with van der Waals surface area (Å²) in [4.78, 5) is 40.9. The van der Waals surface area contributed by atoms with Gasteiger partial charge in [0.1, 0.15) is 16.5 Å². The number of nitrogens with zero attached hydrogens (tertiary/aromatic N) is 4. The largest absolute Gasteiger partial charge is 0.494 e. The van der Waals surface area contributed by atoms with Gasteiger partial charge in [0, 0.05) is 23.0 Å². The van der Waals surface area contributed by atoms with Gasteiger partial charge in [0.05, 0.1) is 42.5 Å². The Morgan fingerprint density at radius 3 is 2.59 bits per heavy atom. The van der Waals surface area contributed by atoms with Gasteiger partial charge in [-0.15, -0.1) is 0 Å². The summed E-state index contributed by atoms with van der Waals surface area (Å²) in [6.07, 6.45) is 2.64. The van der Waals surface area contributed by atoms with Crippen LogP contribution in [-0.2, 0) is 17.8 Å². The van der Waals surface area contributed by atoms with Crippen molar-refractivity contribution in [3.63, 3.8) is 0 Å². The molecule has 1 aliphatic heterocycles. The number of anilines is 1. The fourth-order valence-corrected chi connectivity index (χ4v) is 4.61. The number of aromatic nitrogens is 3. The standard InChI is InChI=1S/C23H24ClN5O4S/c1-12-6-13(14-7-19(24)26-9-17(14)32-5)15(8-25-12)20(30)28-21-27-16-10-29(11-18(16)34-21)22(31)33-23(2,3)4/h6-9H,10-11H2,1-5H3,(H,27,28,30). The van der Waals surface area contributed by atoms with E-state index in [-0.39, 0.29) is 17.2 Å². The van der Waals surface area contributed by atoms with Crippen molar-refractivity contribution in [3.05, 3.63) is 51.5 Å². The Kier molecular flexibility index (Phi) is 6.46. The number of thiazole rings is 1. The van der Waals surface area contributed by atoms with Crippen LogP contribution in [0.3, 0.4) is 0 Å². The van der Waals surface area contributed by atoms with Crippen LogP contribution < -0.4 is 10.1 Å². The van der Waals surface area contributed by atoms with Gasteiger partial charge >= 0.3 is 6.09 Å². The van der Waals surface area contributed by atoms with Crippen molar-refractivity contribution in [2.45, 2.75) is 46.4 Å². The molecular weight excluding hydrogens is 478 g/mol. The van der Waals surface area contributed by atoms with E-state index in [4.69, 9.17) is 21.1 Å². The van der Waals surface area contributed by atoms with Crippen molar-refractivity contribution in [1.29, 1.82) is 0 Å². The van der Waals surface area contributed by atoms with Crippen LogP contribution in [0.4, 0.5) is 9.93 Å². The van der Waals surface area contributed by atoms with Gasteiger partial charge in [-0.1, -0.05) is 22.9 Å². The molecule has 0 radical (unpaired) electrons. The normalized spacial score (nSPS) is 12.9. The predicted octanol–water partition coefficient (Wildman–Crippen LogP) is 5.07. The Bertz CT molecular complexity index is 1250. The number of hydrogen-bond acceptors (Lipinski definition) is 8. The molecule has 0 aliphatic carbocycles. The molecule has 3 aromatic heterocycles. The third kappa shape index (κ3) is 5.13. The number of aryl methyl sites for hydroxylation is 1. The van der Waals surface area contributed by atoms with Crippen LogP contribution in [0.2, 0.25) is 5.15 Å². The van der Waals surface area contributed by atoms with Crippen LogP contribution in [0.15, 0.2) is 24.5 Å². The maximum Gasteiger partial charge on any atom is 0.410 e. The number of carbonyl (C=O) groups excluding carboxylic acids is 2. The van der Waals surface area contributed by atoms with Crippen molar-refractivity contribution in [2.24, 2.45) is 0 Å². The first-order chi connectivity index (χ1) is 16.0. The van der Waals surface area contributed by atoms with Crippen molar-refractivity contribution in [3.8, 4) is 16.9 Å². The Balaban J connectivity index is 1.55. The van der Waals surface area contributed by atoms with Crippen molar-refractivity contribution < 1.29 is 19.1 Å². The highest BCUT2D eigenvalue weighted by atomic mass is 35.5. The molecule has 0 aromatic carbocycles. The first kappa shape index (κ1) is 23.9. The Morgan fingerprint density at radius 2 is 1.91 bits per heavy atom. The Labute approximate surface area is 206 Å². The fraction of sp³-hybridized carbons (Fsp3) is 0.348. The molecule has 0 fully saturated rings. The van der Waals surface area contributed by atoms with E-state index in [1.165, 1.54) is 30.8 Å². The molecule has 4 rings (SSSR count). The smallest absolute Gasteiger partial charge is 0.410 e. The number of amides is 2. The highest BCUT2D eigenvalue weighted by molar-refractivity contribution is 7.16. The predicted molar refractivity (Wildman–Crippen MR) is 129 cm³/mol. The molecule has 0 bridgehead atoms. The van der Waals surface area contributed by atoms with E-state index in [1.54, 1.807) is 17.0 Å². The molecule has 178 valence electrons. The molecule has 1 aliphatic rings. The minimum atomic E-state index is -0.568. The highest BCUT2D eigenvalue weighted by Crippen LogP contribution is 2.35. The number of hydrogen-bond donors (Lipinski definition) is 1. The summed E-state index contributed by atoms with van der Waals surface area (Å²) >= 11 is 7.44. The summed E-state index contributed by atoms with van der Waals surface area (Å²) < 4.78 is 10.9. The molecule has 0 spiro atoms. The zero-order chi connectivity index (χ0) is 24.6. The van der Waals surface area contributed by atoms with Gasteiger partial charge in [-0.2, -0.15) is 0 Å². The molecule has 2 amide bonds.